The van der Waals surface area contributed by atoms with Crippen LogP contribution in [0.1, 0.15) is 29.0 Å². The van der Waals surface area contributed by atoms with Gasteiger partial charge in [-0.3, -0.25) is 0 Å². The van der Waals surface area contributed by atoms with Gasteiger partial charge in [0.05, 0.1) is 0 Å². The normalized spacial score (nSPS) is 15.5. The number of hydrogen-bond donors (Lipinski definition) is 0. The van der Waals surface area contributed by atoms with E-state index >= 15 is 0 Å². The predicted molar refractivity (Wildman–Crippen MR) is 144 cm³/mol. The minimum atomic E-state index is 0.400. The summed E-state index contributed by atoms with van der Waals surface area (Å²) in [6, 6.07) is 35.7. The first-order chi connectivity index (χ1) is 16.3. The van der Waals surface area contributed by atoms with Crippen molar-refractivity contribution in [1.82, 2.24) is 0 Å². The molecule has 0 saturated heterocycles. The average molecular weight is 418 g/mol. The van der Waals surface area contributed by atoms with Crippen LogP contribution in [0, 0.1) is 0 Å². The van der Waals surface area contributed by atoms with Gasteiger partial charge in [0.2, 0.25) is 0 Å². The highest BCUT2D eigenvalue weighted by molar-refractivity contribution is 6.35. The summed E-state index contributed by atoms with van der Waals surface area (Å²) in [7, 11) is 2.25. The summed E-state index contributed by atoms with van der Waals surface area (Å²) in [4.78, 5) is 0. The number of allylic oxidation sites excluding steroid dienone is 1. The van der Waals surface area contributed by atoms with E-state index in [0.29, 0.717) is 5.92 Å². The summed E-state index contributed by atoms with van der Waals surface area (Å²) in [5, 5.41) is 2.68. The van der Waals surface area contributed by atoms with Crippen LogP contribution in [0.25, 0.3) is 50.2 Å². The van der Waals surface area contributed by atoms with Crippen LogP contribution in [0.4, 0.5) is 0 Å². The molecule has 0 nitrogen and oxygen atoms in total. The molecule has 0 saturated carbocycles. The molecule has 5 aromatic rings. The van der Waals surface area contributed by atoms with E-state index in [4.69, 9.17) is 0 Å². The van der Waals surface area contributed by atoms with E-state index in [1.54, 1.807) is 0 Å². The molecule has 5 aromatic carbocycles. The van der Waals surface area contributed by atoms with Crippen molar-refractivity contribution in [1.29, 1.82) is 0 Å². The zero-order valence-corrected chi connectivity index (χ0v) is 18.7. The molecule has 0 aromatic heterocycles. The molecule has 0 aliphatic heterocycles. The molecule has 1 heteroatoms. The Morgan fingerprint density at radius 1 is 0.576 bits per heavy atom. The van der Waals surface area contributed by atoms with Gasteiger partial charge in [-0.15, -0.1) is 0 Å². The topological polar surface area (TPSA) is 0 Å². The van der Waals surface area contributed by atoms with E-state index in [0.717, 1.165) is 6.42 Å². The van der Waals surface area contributed by atoms with E-state index in [2.05, 4.69) is 117 Å². The number of hydrogen-bond acceptors (Lipinski definition) is 0. The van der Waals surface area contributed by atoms with Crippen molar-refractivity contribution in [3.63, 3.8) is 0 Å². The maximum Gasteiger partial charge on any atom is 0.140 e. The van der Waals surface area contributed by atoms with Crippen molar-refractivity contribution in [2.75, 3.05) is 0 Å². The Kier molecular flexibility index (Phi) is 4.02. The fourth-order valence-corrected chi connectivity index (χ4v) is 6.17. The second-order valence-electron chi connectivity index (χ2n) is 9.26. The van der Waals surface area contributed by atoms with E-state index in [-0.39, 0.29) is 0 Å². The first-order valence-corrected chi connectivity index (χ1v) is 11.8. The highest BCUT2D eigenvalue weighted by Crippen LogP contribution is 2.58. The lowest BCUT2D eigenvalue weighted by Crippen LogP contribution is -2.14. The average Bonchev–Trinajstić information content (AvgIpc) is 3.21. The Labute approximate surface area is 195 Å². The zero-order valence-electron chi connectivity index (χ0n) is 18.7. The van der Waals surface area contributed by atoms with Crippen molar-refractivity contribution in [3.05, 3.63) is 120 Å². The molecular formula is C32H23B. The predicted octanol–water partition coefficient (Wildman–Crippen LogP) is 6.96. The van der Waals surface area contributed by atoms with Crippen molar-refractivity contribution in [2.45, 2.75) is 12.3 Å². The van der Waals surface area contributed by atoms with E-state index in [1.165, 1.54) is 66.3 Å². The first kappa shape index (κ1) is 18.7. The summed E-state index contributed by atoms with van der Waals surface area (Å²) in [5.74, 6) is 0.400. The first-order valence-electron chi connectivity index (χ1n) is 11.8. The van der Waals surface area contributed by atoms with Crippen LogP contribution in [-0.2, 0) is 0 Å². The second kappa shape index (κ2) is 7.08. The molecule has 0 heterocycles. The van der Waals surface area contributed by atoms with Gasteiger partial charge in [0.15, 0.2) is 0 Å². The molecular weight excluding hydrogens is 395 g/mol. The fourth-order valence-electron chi connectivity index (χ4n) is 6.17. The summed E-state index contributed by atoms with van der Waals surface area (Å²) in [6.07, 6.45) is 5.79. The molecule has 2 aliphatic rings. The zero-order chi connectivity index (χ0) is 21.9. The van der Waals surface area contributed by atoms with Crippen molar-refractivity contribution < 1.29 is 0 Å². The molecule has 33 heavy (non-hydrogen) atoms. The second-order valence-corrected chi connectivity index (χ2v) is 9.26. The molecule has 154 valence electrons. The minimum absolute atomic E-state index is 0.400. The maximum absolute atomic E-state index is 2.38. The van der Waals surface area contributed by atoms with Crippen LogP contribution in [-0.4, -0.2) is 7.85 Å². The number of fused-ring (bicyclic) bond motifs is 4. The third kappa shape index (κ3) is 2.60. The van der Waals surface area contributed by atoms with Gasteiger partial charge >= 0.3 is 0 Å². The highest BCUT2D eigenvalue weighted by atomic mass is 14.4. The Balaban J connectivity index is 1.73. The molecule has 0 N–H and O–H groups in total. The van der Waals surface area contributed by atoms with Gasteiger partial charge in [-0.25, -0.2) is 0 Å². The number of benzene rings is 5. The summed E-state index contributed by atoms with van der Waals surface area (Å²) in [5.41, 5.74) is 14.1. The summed E-state index contributed by atoms with van der Waals surface area (Å²) < 4.78 is 0. The molecule has 0 fully saturated rings. The quantitative estimate of drug-likeness (QED) is 0.272. The van der Waals surface area contributed by atoms with Crippen LogP contribution >= 0.6 is 0 Å². The lowest BCUT2D eigenvalue weighted by molar-refractivity contribution is 0.848. The summed E-state index contributed by atoms with van der Waals surface area (Å²) in [6.45, 7) is 0. The van der Waals surface area contributed by atoms with Gasteiger partial charge in [-0.2, -0.15) is 0 Å². The maximum atomic E-state index is 2.38. The molecule has 7 rings (SSSR count). The standard InChI is InChI=1S/C32H23B/c33-27-19-18-26-30-24(27)16-9-17-25(30)31-28(20-10-3-1-4-11-20)22-14-7-8-15-23(22)29(32(26)31)21-12-5-2-6-13-21/h1-16,18-19,25H,17,33H2. The minimum Gasteiger partial charge on any atom is -0.0830 e. The van der Waals surface area contributed by atoms with Crippen molar-refractivity contribution in [2.24, 2.45) is 0 Å². The fraction of sp³-hybridized carbons (Fsp3) is 0.0625. The van der Waals surface area contributed by atoms with Gasteiger partial charge < -0.3 is 0 Å². The van der Waals surface area contributed by atoms with E-state index < -0.39 is 0 Å². The molecule has 0 bridgehead atoms. The Morgan fingerprint density at radius 3 is 1.88 bits per heavy atom. The lowest BCUT2D eigenvalue weighted by Gasteiger charge is -2.24. The molecule has 1 atom stereocenters. The van der Waals surface area contributed by atoms with E-state index in [1.807, 2.05) is 0 Å². The van der Waals surface area contributed by atoms with Crippen LogP contribution in [0.2, 0.25) is 0 Å². The molecule has 0 spiro atoms. The third-order valence-electron chi connectivity index (χ3n) is 7.51. The Hall–Kier alpha value is -3.84. The van der Waals surface area contributed by atoms with Crippen molar-refractivity contribution >= 4 is 30.2 Å². The monoisotopic (exact) mass is 418 g/mol. The molecule has 1 unspecified atom stereocenters. The van der Waals surface area contributed by atoms with Gasteiger partial charge in [0, 0.05) is 5.92 Å². The van der Waals surface area contributed by atoms with E-state index in [9.17, 15) is 0 Å². The lowest BCUT2D eigenvalue weighted by atomic mass is 9.77. The molecule has 0 amide bonds. The van der Waals surface area contributed by atoms with Gasteiger partial charge in [0.25, 0.3) is 0 Å². The van der Waals surface area contributed by atoms with Gasteiger partial charge in [-0.1, -0.05) is 115 Å². The molecule has 2 aliphatic carbocycles. The van der Waals surface area contributed by atoms with Crippen LogP contribution < -0.4 is 5.46 Å². The largest absolute Gasteiger partial charge is 0.140 e. The Morgan fingerprint density at radius 2 is 1.18 bits per heavy atom. The third-order valence-corrected chi connectivity index (χ3v) is 7.51. The van der Waals surface area contributed by atoms with Gasteiger partial charge in [-0.05, 0) is 67.3 Å². The smallest absolute Gasteiger partial charge is 0.0830 e. The highest BCUT2D eigenvalue weighted by Gasteiger charge is 2.37. The van der Waals surface area contributed by atoms with Crippen LogP contribution in [0.15, 0.2) is 103 Å². The summed E-state index contributed by atoms with van der Waals surface area (Å²) >= 11 is 0. The van der Waals surface area contributed by atoms with Crippen molar-refractivity contribution in [3.8, 4) is 33.4 Å². The Bertz CT molecular complexity index is 1580. The number of rotatable bonds is 2. The SMILES string of the molecule is Bc1ccc2c3c1C=CCC3c1c-2c(-c2ccccc2)c2ccccc2c1-c1ccccc1. The van der Waals surface area contributed by atoms with Gasteiger partial charge in [0.1, 0.15) is 7.85 Å². The molecule has 0 radical (unpaired) electrons. The van der Waals surface area contributed by atoms with Crippen LogP contribution in [0.5, 0.6) is 0 Å². The van der Waals surface area contributed by atoms with Crippen LogP contribution in [0.3, 0.4) is 0 Å².